The normalized spacial score (nSPS) is 13.2. The van der Waals surface area contributed by atoms with Gasteiger partial charge in [-0.1, -0.05) is 23.7 Å². The first-order chi connectivity index (χ1) is 12.0. The van der Waals surface area contributed by atoms with Gasteiger partial charge in [-0.05, 0) is 43.2 Å². The molecule has 0 bridgehead atoms. The highest BCUT2D eigenvalue weighted by Crippen LogP contribution is 2.23. The van der Waals surface area contributed by atoms with Gasteiger partial charge in [-0.3, -0.25) is 9.59 Å². The van der Waals surface area contributed by atoms with Gasteiger partial charge in [-0.2, -0.15) is 0 Å². The summed E-state index contributed by atoms with van der Waals surface area (Å²) in [5.41, 5.74) is 1.32. The molecule has 1 aliphatic carbocycles. The molecule has 2 aromatic carbocycles. The number of carbonyl (C=O) groups is 2. The van der Waals surface area contributed by atoms with Crippen molar-refractivity contribution in [2.45, 2.75) is 18.9 Å². The summed E-state index contributed by atoms with van der Waals surface area (Å²) in [4.78, 5) is 24.4. The molecule has 3 N–H and O–H groups in total. The molecule has 130 valence electrons. The van der Waals surface area contributed by atoms with Crippen LogP contribution in [0.15, 0.2) is 42.5 Å². The summed E-state index contributed by atoms with van der Waals surface area (Å²) in [7, 11) is 0. The molecule has 2 aromatic rings. The van der Waals surface area contributed by atoms with Crippen molar-refractivity contribution in [2.24, 2.45) is 0 Å². The zero-order chi connectivity index (χ0) is 17.8. The number of nitrogens with one attached hydrogen (secondary N) is 3. The number of benzene rings is 2. The molecule has 0 unspecified atom stereocenters. The lowest BCUT2D eigenvalue weighted by molar-refractivity contribution is -0.114. The van der Waals surface area contributed by atoms with Crippen LogP contribution in [0.1, 0.15) is 23.2 Å². The van der Waals surface area contributed by atoms with E-state index in [2.05, 4.69) is 16.0 Å². The van der Waals surface area contributed by atoms with Gasteiger partial charge in [-0.15, -0.1) is 0 Å². The standard InChI is InChI=1S/C18H17ClFN3O2/c19-14-9-11(20)5-8-16(14)21-10-17(24)23-15-4-2-1-3-13(15)18(25)22-12-6-7-12/h1-5,8-9,12,21H,6-7,10H2,(H,22,25)(H,23,24). The third-order valence-electron chi connectivity index (χ3n) is 3.73. The maximum Gasteiger partial charge on any atom is 0.253 e. The molecular weight excluding hydrogens is 345 g/mol. The molecule has 5 nitrogen and oxygen atoms in total. The van der Waals surface area contributed by atoms with Crippen molar-refractivity contribution < 1.29 is 14.0 Å². The Morgan fingerprint density at radius 2 is 1.88 bits per heavy atom. The van der Waals surface area contributed by atoms with Gasteiger partial charge in [0.2, 0.25) is 5.91 Å². The monoisotopic (exact) mass is 361 g/mol. The van der Waals surface area contributed by atoms with E-state index in [1.54, 1.807) is 24.3 Å². The lowest BCUT2D eigenvalue weighted by Crippen LogP contribution is -2.28. The number of halogens is 2. The Morgan fingerprint density at radius 1 is 1.12 bits per heavy atom. The largest absolute Gasteiger partial charge is 0.375 e. The third kappa shape index (κ3) is 4.70. The van der Waals surface area contributed by atoms with Crippen LogP contribution in [-0.2, 0) is 4.79 Å². The molecule has 0 aromatic heterocycles. The van der Waals surface area contributed by atoms with E-state index in [0.717, 1.165) is 12.8 Å². The quantitative estimate of drug-likeness (QED) is 0.738. The first-order valence-corrected chi connectivity index (χ1v) is 8.29. The van der Waals surface area contributed by atoms with Gasteiger partial charge in [-0.25, -0.2) is 4.39 Å². The van der Waals surface area contributed by atoms with Crippen molar-refractivity contribution >= 4 is 34.8 Å². The minimum absolute atomic E-state index is 0.0655. The fourth-order valence-corrected chi connectivity index (χ4v) is 2.52. The number of rotatable bonds is 6. The van der Waals surface area contributed by atoms with Gasteiger partial charge in [0.15, 0.2) is 0 Å². The van der Waals surface area contributed by atoms with Crippen molar-refractivity contribution in [3.05, 3.63) is 58.9 Å². The first-order valence-electron chi connectivity index (χ1n) is 7.91. The zero-order valence-corrected chi connectivity index (χ0v) is 14.1. The molecule has 0 radical (unpaired) electrons. The van der Waals surface area contributed by atoms with Crippen molar-refractivity contribution in [1.82, 2.24) is 5.32 Å². The van der Waals surface area contributed by atoms with Crippen LogP contribution in [0.25, 0.3) is 0 Å². The number of anilines is 2. The Morgan fingerprint density at radius 3 is 2.60 bits per heavy atom. The highest BCUT2D eigenvalue weighted by molar-refractivity contribution is 6.33. The maximum absolute atomic E-state index is 13.0. The van der Waals surface area contributed by atoms with Gasteiger partial charge in [0.05, 0.1) is 28.5 Å². The molecule has 7 heteroatoms. The van der Waals surface area contributed by atoms with Crippen LogP contribution in [0.4, 0.5) is 15.8 Å². The maximum atomic E-state index is 13.0. The molecule has 1 saturated carbocycles. The summed E-state index contributed by atoms with van der Waals surface area (Å²) in [5, 5.41) is 8.63. The van der Waals surface area contributed by atoms with Crippen molar-refractivity contribution in [3.8, 4) is 0 Å². The SMILES string of the molecule is O=C(CNc1ccc(F)cc1Cl)Nc1ccccc1C(=O)NC1CC1. The third-order valence-corrected chi connectivity index (χ3v) is 4.04. The van der Waals surface area contributed by atoms with E-state index in [4.69, 9.17) is 11.6 Å². The van der Waals surface area contributed by atoms with E-state index in [9.17, 15) is 14.0 Å². The lowest BCUT2D eigenvalue weighted by Gasteiger charge is -2.12. The van der Waals surface area contributed by atoms with Crippen molar-refractivity contribution in [1.29, 1.82) is 0 Å². The average Bonchev–Trinajstić information content (AvgIpc) is 3.38. The molecule has 1 fully saturated rings. The summed E-state index contributed by atoms with van der Waals surface area (Å²) in [6, 6.07) is 10.9. The van der Waals surface area contributed by atoms with E-state index in [1.807, 2.05) is 0 Å². The topological polar surface area (TPSA) is 70.2 Å². The second kappa shape index (κ2) is 7.53. The van der Waals surface area contributed by atoms with Crippen LogP contribution >= 0.6 is 11.6 Å². The molecule has 0 aliphatic heterocycles. The fourth-order valence-electron chi connectivity index (χ4n) is 2.28. The number of para-hydroxylation sites is 1. The summed E-state index contributed by atoms with van der Waals surface area (Å²) >= 11 is 5.91. The van der Waals surface area contributed by atoms with E-state index < -0.39 is 5.82 Å². The fraction of sp³-hybridized carbons (Fsp3) is 0.222. The predicted molar refractivity (Wildman–Crippen MR) is 95.5 cm³/mol. The Kier molecular flexibility index (Phi) is 5.19. The highest BCUT2D eigenvalue weighted by atomic mass is 35.5. The molecule has 3 rings (SSSR count). The van der Waals surface area contributed by atoms with Crippen LogP contribution in [0.3, 0.4) is 0 Å². The number of amides is 2. The number of hydrogen-bond donors (Lipinski definition) is 3. The van der Waals surface area contributed by atoms with Crippen LogP contribution in [0, 0.1) is 5.82 Å². The summed E-state index contributed by atoms with van der Waals surface area (Å²) in [6.07, 6.45) is 1.98. The van der Waals surface area contributed by atoms with Gasteiger partial charge in [0.1, 0.15) is 5.82 Å². The van der Waals surface area contributed by atoms with E-state index in [-0.39, 0.29) is 29.4 Å². The number of hydrogen-bond acceptors (Lipinski definition) is 3. The van der Waals surface area contributed by atoms with Crippen molar-refractivity contribution in [2.75, 3.05) is 17.2 Å². The summed E-state index contributed by atoms with van der Waals surface area (Å²) in [6.45, 7) is -0.0655. The van der Waals surface area contributed by atoms with E-state index in [0.29, 0.717) is 16.9 Å². The molecule has 0 spiro atoms. The zero-order valence-electron chi connectivity index (χ0n) is 13.3. The minimum Gasteiger partial charge on any atom is -0.375 e. The lowest BCUT2D eigenvalue weighted by atomic mass is 10.1. The molecule has 0 saturated heterocycles. The van der Waals surface area contributed by atoms with Crippen LogP contribution in [0.2, 0.25) is 5.02 Å². The van der Waals surface area contributed by atoms with Crippen LogP contribution in [-0.4, -0.2) is 24.4 Å². The van der Waals surface area contributed by atoms with Crippen LogP contribution in [0.5, 0.6) is 0 Å². The minimum atomic E-state index is -0.449. The summed E-state index contributed by atoms with van der Waals surface area (Å²) < 4.78 is 13.0. The molecule has 1 aliphatic rings. The molecular formula is C18H17ClFN3O2. The van der Waals surface area contributed by atoms with E-state index in [1.165, 1.54) is 18.2 Å². The number of carbonyl (C=O) groups excluding carboxylic acids is 2. The molecule has 25 heavy (non-hydrogen) atoms. The predicted octanol–water partition coefficient (Wildman–Crippen LogP) is 3.42. The molecule has 0 heterocycles. The van der Waals surface area contributed by atoms with E-state index >= 15 is 0 Å². The Labute approximate surface area is 149 Å². The highest BCUT2D eigenvalue weighted by Gasteiger charge is 2.25. The average molecular weight is 362 g/mol. The smallest absolute Gasteiger partial charge is 0.253 e. The Bertz CT molecular complexity index is 809. The Balaban J connectivity index is 1.61. The Hall–Kier alpha value is -2.60. The summed E-state index contributed by atoms with van der Waals surface area (Å²) in [5.74, 6) is -0.990. The van der Waals surface area contributed by atoms with Gasteiger partial charge >= 0.3 is 0 Å². The van der Waals surface area contributed by atoms with Gasteiger partial charge < -0.3 is 16.0 Å². The van der Waals surface area contributed by atoms with Gasteiger partial charge in [0, 0.05) is 6.04 Å². The molecule has 0 atom stereocenters. The van der Waals surface area contributed by atoms with Crippen molar-refractivity contribution in [3.63, 3.8) is 0 Å². The van der Waals surface area contributed by atoms with Gasteiger partial charge in [0.25, 0.3) is 5.91 Å². The first kappa shape index (κ1) is 17.2. The second-order valence-corrected chi connectivity index (χ2v) is 6.23. The second-order valence-electron chi connectivity index (χ2n) is 5.82. The molecule has 2 amide bonds. The van der Waals surface area contributed by atoms with Crippen LogP contribution < -0.4 is 16.0 Å².